The topological polar surface area (TPSA) is 51.1 Å². The molecule has 0 radical (unpaired) electrons. The average Bonchev–Trinajstić information content (AvgIpc) is 3.11. The molecule has 2 heterocycles. The van der Waals surface area contributed by atoms with Crippen LogP contribution in [0.25, 0.3) is 0 Å². The fraction of sp³-hybridized carbons (Fsp3) is 0.375. The molecule has 124 valence electrons. The van der Waals surface area contributed by atoms with Crippen molar-refractivity contribution < 1.29 is 18.1 Å². The smallest absolute Gasteiger partial charge is 0.252 e. The number of nitrogens with one attached hydrogen (secondary N) is 1. The quantitative estimate of drug-likeness (QED) is 0.867. The van der Waals surface area contributed by atoms with Crippen LogP contribution in [0, 0.1) is 0 Å². The lowest BCUT2D eigenvalue weighted by atomic mass is 10.2. The Hall–Kier alpha value is -1.41. The van der Waals surface area contributed by atoms with Gasteiger partial charge < -0.3 is 9.64 Å². The summed E-state index contributed by atoms with van der Waals surface area (Å²) in [4.78, 5) is 1.38. The molecule has 1 saturated heterocycles. The Morgan fingerprint density at radius 2 is 1.91 bits per heavy atom. The van der Waals surface area contributed by atoms with Crippen molar-refractivity contribution in [2.45, 2.75) is 10.8 Å². The molecule has 1 N–H and O–H groups in total. The maximum Gasteiger partial charge on any atom is 0.252 e. The van der Waals surface area contributed by atoms with Crippen LogP contribution in [0.1, 0.15) is 5.56 Å². The van der Waals surface area contributed by atoms with Crippen molar-refractivity contribution in [3.63, 3.8) is 0 Å². The van der Waals surface area contributed by atoms with Gasteiger partial charge in [-0.2, -0.15) is 4.31 Å². The first-order chi connectivity index (χ1) is 11.1. The van der Waals surface area contributed by atoms with Crippen LogP contribution < -0.4 is 9.64 Å². The number of quaternary nitrogens is 1. The molecule has 2 aromatic rings. The van der Waals surface area contributed by atoms with E-state index in [9.17, 15) is 8.42 Å². The van der Waals surface area contributed by atoms with Gasteiger partial charge in [0.05, 0.1) is 33.3 Å². The molecule has 1 aliphatic rings. The third kappa shape index (κ3) is 3.58. The summed E-state index contributed by atoms with van der Waals surface area (Å²) < 4.78 is 32.5. The summed E-state index contributed by atoms with van der Waals surface area (Å²) in [6, 6.07) is 11.5. The first kappa shape index (κ1) is 16.4. The van der Waals surface area contributed by atoms with E-state index in [-0.39, 0.29) is 0 Å². The standard InChI is InChI=1S/C16H20N2O3S2/c1-21-15-6-3-2-5-14(15)13-17-8-10-18(11-9-17)23(19,20)16-7-4-12-22-16/h2-7,12H,8-11,13H2,1H3/p+1. The zero-order valence-corrected chi connectivity index (χ0v) is 14.7. The van der Waals surface area contributed by atoms with E-state index >= 15 is 0 Å². The van der Waals surface area contributed by atoms with Gasteiger partial charge in [-0.3, -0.25) is 0 Å². The van der Waals surface area contributed by atoms with Crippen LogP contribution in [0.15, 0.2) is 46.0 Å². The van der Waals surface area contributed by atoms with Gasteiger partial charge in [0.15, 0.2) is 0 Å². The molecule has 0 spiro atoms. The minimum Gasteiger partial charge on any atom is -0.496 e. The number of thiophene rings is 1. The monoisotopic (exact) mass is 353 g/mol. The van der Waals surface area contributed by atoms with Crippen molar-refractivity contribution in [3.05, 3.63) is 47.3 Å². The van der Waals surface area contributed by atoms with E-state index in [2.05, 4.69) is 6.07 Å². The largest absolute Gasteiger partial charge is 0.496 e. The van der Waals surface area contributed by atoms with Crippen molar-refractivity contribution in [1.82, 2.24) is 4.31 Å². The summed E-state index contributed by atoms with van der Waals surface area (Å²) in [6.45, 7) is 3.59. The Bertz CT molecular complexity index is 736. The highest BCUT2D eigenvalue weighted by molar-refractivity contribution is 7.91. The molecule has 7 heteroatoms. The van der Waals surface area contributed by atoms with Crippen molar-refractivity contribution >= 4 is 21.4 Å². The lowest BCUT2D eigenvalue weighted by Crippen LogP contribution is -3.13. The van der Waals surface area contributed by atoms with E-state index in [0.717, 1.165) is 25.4 Å². The lowest BCUT2D eigenvalue weighted by molar-refractivity contribution is -0.917. The van der Waals surface area contributed by atoms with Crippen LogP contribution in [0.4, 0.5) is 0 Å². The van der Waals surface area contributed by atoms with Crippen LogP contribution in [-0.2, 0) is 16.6 Å². The number of hydrogen-bond donors (Lipinski definition) is 1. The third-order valence-electron chi connectivity index (χ3n) is 4.15. The summed E-state index contributed by atoms with van der Waals surface area (Å²) in [5, 5.41) is 1.80. The first-order valence-corrected chi connectivity index (χ1v) is 9.92. The predicted molar refractivity (Wildman–Crippen MR) is 90.5 cm³/mol. The van der Waals surface area contributed by atoms with Crippen molar-refractivity contribution in [2.75, 3.05) is 33.3 Å². The van der Waals surface area contributed by atoms with Gasteiger partial charge in [-0.25, -0.2) is 8.42 Å². The summed E-state index contributed by atoms with van der Waals surface area (Å²) in [5.74, 6) is 0.897. The molecule has 23 heavy (non-hydrogen) atoms. The molecule has 0 saturated carbocycles. The number of nitrogens with zero attached hydrogens (tertiary/aromatic N) is 1. The molecular weight excluding hydrogens is 332 g/mol. The minimum atomic E-state index is -3.31. The molecule has 0 unspecified atom stereocenters. The lowest BCUT2D eigenvalue weighted by Gasteiger charge is -2.31. The number of para-hydroxylation sites is 1. The van der Waals surface area contributed by atoms with E-state index in [1.54, 1.807) is 28.9 Å². The molecular formula is C16H21N2O3S2+. The summed E-state index contributed by atoms with van der Waals surface area (Å²) in [6.07, 6.45) is 0. The van der Waals surface area contributed by atoms with Crippen LogP contribution in [0.2, 0.25) is 0 Å². The van der Waals surface area contributed by atoms with Gasteiger partial charge in [0.25, 0.3) is 10.0 Å². The molecule has 1 aliphatic heterocycles. The summed E-state index contributed by atoms with van der Waals surface area (Å²) in [5.41, 5.74) is 1.17. The number of methoxy groups -OCH3 is 1. The number of sulfonamides is 1. The fourth-order valence-corrected chi connectivity index (χ4v) is 5.46. The van der Waals surface area contributed by atoms with Gasteiger partial charge in [0, 0.05) is 5.56 Å². The van der Waals surface area contributed by atoms with Crippen LogP contribution in [-0.4, -0.2) is 46.0 Å². The Morgan fingerprint density at radius 1 is 1.17 bits per heavy atom. The second kappa shape index (κ2) is 7.00. The first-order valence-electron chi connectivity index (χ1n) is 7.60. The fourth-order valence-electron chi connectivity index (χ4n) is 2.88. The number of hydrogen-bond acceptors (Lipinski definition) is 4. The second-order valence-corrected chi connectivity index (χ2v) is 8.69. The van der Waals surface area contributed by atoms with E-state index in [1.165, 1.54) is 21.8 Å². The third-order valence-corrected chi connectivity index (χ3v) is 7.42. The van der Waals surface area contributed by atoms with Gasteiger partial charge in [-0.1, -0.05) is 18.2 Å². The van der Waals surface area contributed by atoms with Crippen molar-refractivity contribution in [3.8, 4) is 5.75 Å². The summed E-state index contributed by atoms with van der Waals surface area (Å²) >= 11 is 1.28. The van der Waals surface area contributed by atoms with E-state index in [0.29, 0.717) is 17.3 Å². The molecule has 0 aliphatic carbocycles. The number of ether oxygens (including phenoxy) is 1. The number of rotatable bonds is 5. The Kier molecular flexibility index (Phi) is 5.01. The van der Waals surface area contributed by atoms with Crippen LogP contribution >= 0.6 is 11.3 Å². The van der Waals surface area contributed by atoms with Crippen molar-refractivity contribution in [2.24, 2.45) is 0 Å². The van der Waals surface area contributed by atoms with Gasteiger partial charge in [-0.05, 0) is 23.6 Å². The van der Waals surface area contributed by atoms with Gasteiger partial charge in [0.2, 0.25) is 0 Å². The average molecular weight is 353 g/mol. The van der Waals surface area contributed by atoms with Crippen LogP contribution in [0.3, 0.4) is 0 Å². The maximum absolute atomic E-state index is 12.5. The highest BCUT2D eigenvalue weighted by Gasteiger charge is 2.31. The Balaban J connectivity index is 1.63. The van der Waals surface area contributed by atoms with Crippen molar-refractivity contribution in [1.29, 1.82) is 0 Å². The highest BCUT2D eigenvalue weighted by Crippen LogP contribution is 2.21. The molecule has 0 atom stereocenters. The second-order valence-electron chi connectivity index (χ2n) is 5.57. The highest BCUT2D eigenvalue weighted by atomic mass is 32.2. The molecule has 1 fully saturated rings. The SMILES string of the molecule is COc1ccccc1C[NH+]1CCN(S(=O)(=O)c2cccs2)CC1. The number of benzene rings is 1. The zero-order valence-electron chi connectivity index (χ0n) is 13.1. The van der Waals surface area contributed by atoms with Crippen LogP contribution in [0.5, 0.6) is 5.75 Å². The molecule has 1 aromatic heterocycles. The van der Waals surface area contributed by atoms with E-state index in [4.69, 9.17) is 4.74 Å². The molecule has 3 rings (SSSR count). The Labute approximate surface area is 141 Å². The molecule has 0 amide bonds. The zero-order chi connectivity index (χ0) is 16.3. The van der Waals surface area contributed by atoms with Gasteiger partial charge in [0.1, 0.15) is 16.5 Å². The molecule has 5 nitrogen and oxygen atoms in total. The summed E-state index contributed by atoms with van der Waals surface area (Å²) in [7, 11) is -1.63. The molecule has 0 bridgehead atoms. The normalized spacial score (nSPS) is 17.3. The van der Waals surface area contributed by atoms with E-state index < -0.39 is 10.0 Å². The van der Waals surface area contributed by atoms with Gasteiger partial charge >= 0.3 is 0 Å². The Morgan fingerprint density at radius 3 is 2.57 bits per heavy atom. The molecule has 1 aromatic carbocycles. The minimum absolute atomic E-state index is 0.436. The predicted octanol–water partition coefficient (Wildman–Crippen LogP) is 0.846. The van der Waals surface area contributed by atoms with Gasteiger partial charge in [-0.15, -0.1) is 11.3 Å². The van der Waals surface area contributed by atoms with E-state index in [1.807, 2.05) is 18.2 Å². The maximum atomic E-state index is 12.5. The number of piperazine rings is 1.